The number of aromatic nitrogens is 1. The Kier molecular flexibility index (Phi) is 6.38. The summed E-state index contributed by atoms with van der Waals surface area (Å²) in [6.45, 7) is 2.23. The van der Waals surface area contributed by atoms with Crippen molar-refractivity contribution < 1.29 is 26.8 Å². The molecule has 0 atom stereocenters. The Morgan fingerprint density at radius 3 is 2.56 bits per heavy atom. The fraction of sp³-hybridized carbons (Fsp3) is 0.304. The summed E-state index contributed by atoms with van der Waals surface area (Å²) in [5, 5.41) is 0. The standard InChI is InChI=1S/C23H23FN2O5S/c1-16-20(25-22(31-16)17-8-4-2-5-9-17)15-30-23(27)18-10-11-19(24)21(14-18)32(28,29)26-12-6-3-7-13-26/h2,4-5,8-11,14H,3,6-7,12-13,15H2,1H3. The number of nitrogens with zero attached hydrogens (tertiary/aromatic N) is 2. The number of piperidine rings is 1. The second-order valence-electron chi connectivity index (χ2n) is 7.57. The molecule has 3 aromatic rings. The fourth-order valence-corrected chi connectivity index (χ4v) is 5.16. The van der Waals surface area contributed by atoms with Crippen LogP contribution in [0.15, 0.2) is 57.8 Å². The number of rotatable bonds is 6. The summed E-state index contributed by atoms with van der Waals surface area (Å²) in [7, 11) is -4.03. The highest BCUT2D eigenvalue weighted by Crippen LogP contribution is 2.25. The number of hydrogen-bond donors (Lipinski definition) is 0. The van der Waals surface area contributed by atoms with Crippen LogP contribution in [0, 0.1) is 12.7 Å². The first-order valence-electron chi connectivity index (χ1n) is 10.3. The summed E-state index contributed by atoms with van der Waals surface area (Å²) < 4.78 is 52.3. The van der Waals surface area contributed by atoms with Crippen molar-refractivity contribution >= 4 is 16.0 Å². The number of oxazole rings is 1. The molecule has 1 fully saturated rings. The van der Waals surface area contributed by atoms with Gasteiger partial charge in [0.15, 0.2) is 0 Å². The lowest BCUT2D eigenvalue weighted by molar-refractivity contribution is 0.0466. The van der Waals surface area contributed by atoms with E-state index in [2.05, 4.69) is 4.98 Å². The molecule has 0 saturated carbocycles. The summed E-state index contributed by atoms with van der Waals surface area (Å²) >= 11 is 0. The molecule has 4 rings (SSSR count). The Bertz CT molecular complexity index is 1220. The first-order chi connectivity index (χ1) is 15.4. The summed E-state index contributed by atoms with van der Waals surface area (Å²) in [6.07, 6.45) is 2.39. The zero-order chi connectivity index (χ0) is 22.7. The van der Waals surface area contributed by atoms with Crippen molar-refractivity contribution in [3.63, 3.8) is 0 Å². The van der Waals surface area contributed by atoms with E-state index in [1.165, 1.54) is 10.4 Å². The molecule has 0 unspecified atom stereocenters. The molecule has 0 bridgehead atoms. The molecule has 0 radical (unpaired) electrons. The van der Waals surface area contributed by atoms with Crippen molar-refractivity contribution in [1.82, 2.24) is 9.29 Å². The van der Waals surface area contributed by atoms with Gasteiger partial charge in [-0.3, -0.25) is 0 Å². The number of aryl methyl sites for hydroxylation is 1. The normalized spacial score (nSPS) is 14.9. The highest BCUT2D eigenvalue weighted by molar-refractivity contribution is 7.89. The number of carbonyl (C=O) groups is 1. The van der Waals surface area contributed by atoms with Crippen molar-refractivity contribution in [2.45, 2.75) is 37.7 Å². The third-order valence-electron chi connectivity index (χ3n) is 5.35. The van der Waals surface area contributed by atoms with E-state index in [1.54, 1.807) is 6.92 Å². The van der Waals surface area contributed by atoms with E-state index in [0.717, 1.165) is 37.0 Å². The van der Waals surface area contributed by atoms with Crippen molar-refractivity contribution in [2.75, 3.05) is 13.1 Å². The van der Waals surface area contributed by atoms with E-state index in [1.807, 2.05) is 30.3 Å². The molecule has 0 spiro atoms. The van der Waals surface area contributed by atoms with Gasteiger partial charge in [0.05, 0.1) is 5.56 Å². The predicted molar refractivity (Wildman–Crippen MR) is 115 cm³/mol. The van der Waals surface area contributed by atoms with Gasteiger partial charge < -0.3 is 9.15 Å². The Labute approximate surface area is 185 Å². The summed E-state index contributed by atoms with van der Waals surface area (Å²) in [4.78, 5) is 16.4. The molecule has 32 heavy (non-hydrogen) atoms. The summed E-state index contributed by atoms with van der Waals surface area (Å²) in [6, 6.07) is 12.5. The molecule has 0 aliphatic carbocycles. The largest absolute Gasteiger partial charge is 0.455 e. The number of hydrogen-bond acceptors (Lipinski definition) is 6. The lowest BCUT2D eigenvalue weighted by Gasteiger charge is -2.26. The number of benzene rings is 2. The van der Waals surface area contributed by atoms with Crippen molar-refractivity contribution in [3.8, 4) is 11.5 Å². The maximum absolute atomic E-state index is 14.4. The molecule has 7 nitrogen and oxygen atoms in total. The van der Waals surface area contributed by atoms with Crippen LogP contribution in [0.4, 0.5) is 4.39 Å². The van der Waals surface area contributed by atoms with Crippen LogP contribution in [0.25, 0.3) is 11.5 Å². The van der Waals surface area contributed by atoms with E-state index in [9.17, 15) is 17.6 Å². The smallest absolute Gasteiger partial charge is 0.338 e. The van der Waals surface area contributed by atoms with E-state index >= 15 is 0 Å². The molecule has 1 aliphatic heterocycles. The van der Waals surface area contributed by atoms with Gasteiger partial charge in [0.2, 0.25) is 15.9 Å². The SMILES string of the molecule is Cc1oc(-c2ccccc2)nc1COC(=O)c1ccc(F)c(S(=O)(=O)N2CCCCC2)c1. The molecule has 1 aromatic heterocycles. The molecule has 0 amide bonds. The van der Waals surface area contributed by atoms with Gasteiger partial charge in [-0.2, -0.15) is 4.31 Å². The average molecular weight is 459 g/mol. The van der Waals surface area contributed by atoms with Gasteiger partial charge in [-0.15, -0.1) is 0 Å². The molecule has 1 aliphatic rings. The quantitative estimate of drug-likeness (QED) is 0.511. The molecular weight excluding hydrogens is 435 g/mol. The van der Waals surface area contributed by atoms with Crippen LogP contribution in [-0.4, -0.2) is 36.8 Å². The molecule has 0 N–H and O–H groups in total. The number of sulfonamides is 1. The van der Waals surface area contributed by atoms with Gasteiger partial charge >= 0.3 is 5.97 Å². The van der Waals surface area contributed by atoms with Gasteiger partial charge in [0, 0.05) is 18.7 Å². The van der Waals surface area contributed by atoms with E-state index < -0.39 is 26.7 Å². The third kappa shape index (κ3) is 4.58. The highest BCUT2D eigenvalue weighted by atomic mass is 32.2. The van der Waals surface area contributed by atoms with E-state index in [-0.39, 0.29) is 12.2 Å². The maximum Gasteiger partial charge on any atom is 0.338 e. The molecular formula is C23H23FN2O5S. The molecule has 2 heterocycles. The second kappa shape index (κ2) is 9.22. The van der Waals surface area contributed by atoms with Gasteiger partial charge in [0.1, 0.15) is 28.8 Å². The lowest BCUT2D eigenvalue weighted by Crippen LogP contribution is -2.36. The van der Waals surface area contributed by atoms with Crippen LogP contribution >= 0.6 is 0 Å². The Morgan fingerprint density at radius 1 is 1.12 bits per heavy atom. The Hall–Kier alpha value is -3.04. The van der Waals surface area contributed by atoms with Gasteiger partial charge in [-0.05, 0) is 50.1 Å². The van der Waals surface area contributed by atoms with Crippen molar-refractivity contribution in [3.05, 3.63) is 71.4 Å². The molecule has 9 heteroatoms. The van der Waals surface area contributed by atoms with Crippen molar-refractivity contribution in [2.24, 2.45) is 0 Å². The minimum absolute atomic E-state index is 0.0496. The Balaban J connectivity index is 1.50. The number of halogens is 1. The number of carbonyl (C=O) groups excluding carboxylic acids is 1. The Morgan fingerprint density at radius 2 is 1.84 bits per heavy atom. The zero-order valence-electron chi connectivity index (χ0n) is 17.6. The van der Waals surface area contributed by atoms with Crippen LogP contribution in [-0.2, 0) is 21.4 Å². The number of esters is 1. The van der Waals surface area contributed by atoms with E-state index in [4.69, 9.17) is 9.15 Å². The molecule has 168 valence electrons. The number of ether oxygens (including phenoxy) is 1. The minimum atomic E-state index is -4.03. The summed E-state index contributed by atoms with van der Waals surface area (Å²) in [5.74, 6) is -0.759. The zero-order valence-corrected chi connectivity index (χ0v) is 18.4. The molecule has 2 aromatic carbocycles. The summed E-state index contributed by atoms with van der Waals surface area (Å²) in [5.41, 5.74) is 1.19. The van der Waals surface area contributed by atoms with Crippen molar-refractivity contribution in [1.29, 1.82) is 0 Å². The van der Waals surface area contributed by atoms with Crippen LogP contribution in [0.1, 0.15) is 41.1 Å². The monoisotopic (exact) mass is 458 g/mol. The molecule has 1 saturated heterocycles. The van der Waals surface area contributed by atoms with Crippen LogP contribution in [0.2, 0.25) is 0 Å². The second-order valence-corrected chi connectivity index (χ2v) is 9.48. The topological polar surface area (TPSA) is 89.7 Å². The van der Waals surface area contributed by atoms with Crippen LogP contribution in [0.5, 0.6) is 0 Å². The van der Waals surface area contributed by atoms with Crippen LogP contribution < -0.4 is 0 Å². The van der Waals surface area contributed by atoms with E-state index in [0.29, 0.717) is 30.4 Å². The van der Waals surface area contributed by atoms with Gasteiger partial charge in [0.25, 0.3) is 0 Å². The first-order valence-corrected chi connectivity index (χ1v) is 11.8. The predicted octanol–water partition coefficient (Wildman–Crippen LogP) is 4.32. The fourth-order valence-electron chi connectivity index (χ4n) is 3.56. The van der Waals surface area contributed by atoms with Gasteiger partial charge in [-0.1, -0.05) is 24.6 Å². The van der Waals surface area contributed by atoms with Crippen LogP contribution in [0.3, 0.4) is 0 Å². The average Bonchev–Trinajstić information content (AvgIpc) is 3.19. The highest BCUT2D eigenvalue weighted by Gasteiger charge is 2.29. The van der Waals surface area contributed by atoms with Gasteiger partial charge in [-0.25, -0.2) is 22.6 Å². The first kappa shape index (κ1) is 22.2. The third-order valence-corrected chi connectivity index (χ3v) is 7.27. The lowest BCUT2D eigenvalue weighted by atomic mass is 10.2. The minimum Gasteiger partial charge on any atom is -0.455 e. The maximum atomic E-state index is 14.4.